The van der Waals surface area contributed by atoms with E-state index in [4.69, 9.17) is 9.68 Å². The monoisotopic (exact) mass is 333 g/mol. The van der Waals surface area contributed by atoms with Crippen molar-refractivity contribution in [3.8, 4) is 17.4 Å². The molecular formula is C21H23N3O. The highest BCUT2D eigenvalue weighted by Gasteiger charge is 2.29. The molecule has 4 heteroatoms. The molecule has 1 aliphatic heterocycles. The van der Waals surface area contributed by atoms with Crippen molar-refractivity contribution in [1.82, 2.24) is 10.2 Å². The van der Waals surface area contributed by atoms with E-state index in [1.54, 1.807) is 18.2 Å². The average Bonchev–Trinajstić information content (AvgIpc) is 3.27. The third-order valence-electron chi connectivity index (χ3n) is 3.91. The van der Waals surface area contributed by atoms with Gasteiger partial charge in [0.05, 0.1) is 23.0 Å². The Bertz CT molecular complexity index is 839. The fraction of sp³-hybridized carbons (Fsp3) is 0.190. The number of nitrogens with one attached hydrogen (secondary N) is 1. The van der Waals surface area contributed by atoms with Crippen LogP contribution in [0.1, 0.15) is 31.3 Å². The number of nitriles is 1. The normalized spacial score (nSPS) is 15.8. The third-order valence-corrected chi connectivity index (χ3v) is 3.91. The molecule has 25 heavy (non-hydrogen) atoms. The molecule has 2 heterocycles. The predicted octanol–water partition coefficient (Wildman–Crippen LogP) is 4.96. The molecule has 0 saturated carbocycles. The Kier molecular flexibility index (Phi) is 5.86. The van der Waals surface area contributed by atoms with Gasteiger partial charge in [-0.3, -0.25) is 0 Å². The van der Waals surface area contributed by atoms with Crippen molar-refractivity contribution in [2.24, 2.45) is 0 Å². The molecule has 128 valence electrons. The maximum absolute atomic E-state index is 9.01. The van der Waals surface area contributed by atoms with Crippen molar-refractivity contribution < 1.29 is 4.42 Å². The molecule has 0 spiro atoms. The average molecular weight is 333 g/mol. The van der Waals surface area contributed by atoms with Gasteiger partial charge in [-0.2, -0.15) is 5.26 Å². The Labute approximate surface area is 149 Å². The molecule has 0 bridgehead atoms. The van der Waals surface area contributed by atoms with Gasteiger partial charge in [0, 0.05) is 12.6 Å². The first-order valence-corrected chi connectivity index (χ1v) is 8.26. The van der Waals surface area contributed by atoms with E-state index in [1.165, 1.54) is 0 Å². The Morgan fingerprint density at radius 2 is 1.96 bits per heavy atom. The van der Waals surface area contributed by atoms with Crippen LogP contribution < -0.4 is 5.32 Å². The second-order valence-electron chi connectivity index (χ2n) is 5.26. The van der Waals surface area contributed by atoms with Crippen molar-refractivity contribution >= 4 is 0 Å². The van der Waals surface area contributed by atoms with Gasteiger partial charge in [-0.15, -0.1) is 0 Å². The van der Waals surface area contributed by atoms with Gasteiger partial charge >= 0.3 is 0 Å². The Morgan fingerprint density at radius 1 is 1.20 bits per heavy atom. The maximum Gasteiger partial charge on any atom is 0.159 e. The van der Waals surface area contributed by atoms with Crippen LogP contribution in [0.2, 0.25) is 0 Å². The number of likely N-dealkylation sites (N-methyl/N-ethyl adjacent to an activating group) is 1. The van der Waals surface area contributed by atoms with Gasteiger partial charge in [0.2, 0.25) is 0 Å². The lowest BCUT2D eigenvalue weighted by Crippen LogP contribution is -2.25. The van der Waals surface area contributed by atoms with E-state index in [-0.39, 0.29) is 6.17 Å². The van der Waals surface area contributed by atoms with Crippen molar-refractivity contribution in [3.05, 3.63) is 84.4 Å². The lowest BCUT2D eigenvalue weighted by molar-refractivity contribution is 0.278. The number of rotatable bonds is 4. The Morgan fingerprint density at radius 3 is 2.56 bits per heavy atom. The number of hydrogen-bond acceptors (Lipinski definition) is 4. The minimum atomic E-state index is -0.108. The van der Waals surface area contributed by atoms with Crippen LogP contribution in [0.5, 0.6) is 0 Å². The van der Waals surface area contributed by atoms with Crippen molar-refractivity contribution in [1.29, 1.82) is 5.26 Å². The lowest BCUT2D eigenvalue weighted by atomic mass is 10.1. The summed E-state index contributed by atoms with van der Waals surface area (Å²) in [5.74, 6) is 1.53. The fourth-order valence-electron chi connectivity index (χ4n) is 2.72. The van der Waals surface area contributed by atoms with Crippen LogP contribution in [0.15, 0.2) is 77.5 Å². The molecule has 1 aromatic heterocycles. The first kappa shape index (κ1) is 18.2. The minimum Gasteiger partial charge on any atom is -0.457 e. The number of hydrogen-bond donors (Lipinski definition) is 1. The summed E-state index contributed by atoms with van der Waals surface area (Å²) in [5.41, 5.74) is 3.41. The summed E-state index contributed by atoms with van der Waals surface area (Å²) in [6.07, 6.45) is 3.46. The predicted molar refractivity (Wildman–Crippen MR) is 101 cm³/mol. The molecule has 0 aliphatic carbocycles. The minimum absolute atomic E-state index is 0.108. The van der Waals surface area contributed by atoms with Crippen molar-refractivity contribution in [2.75, 3.05) is 7.05 Å². The molecule has 1 aliphatic rings. The third kappa shape index (κ3) is 3.51. The van der Waals surface area contributed by atoms with E-state index in [0.29, 0.717) is 5.56 Å². The number of nitrogens with zero attached hydrogens (tertiary/aromatic N) is 2. The highest BCUT2D eigenvalue weighted by molar-refractivity contribution is 5.60. The molecule has 2 aromatic rings. The van der Waals surface area contributed by atoms with E-state index in [2.05, 4.69) is 29.4 Å². The number of furan rings is 1. The van der Waals surface area contributed by atoms with Crippen LogP contribution in [-0.2, 0) is 0 Å². The highest BCUT2D eigenvalue weighted by Crippen LogP contribution is 2.33. The van der Waals surface area contributed by atoms with Gasteiger partial charge in [-0.1, -0.05) is 39.1 Å². The van der Waals surface area contributed by atoms with Crippen LogP contribution >= 0.6 is 0 Å². The maximum atomic E-state index is 9.01. The first-order chi connectivity index (χ1) is 12.2. The zero-order chi connectivity index (χ0) is 18.4. The fourth-order valence-corrected chi connectivity index (χ4v) is 2.72. The van der Waals surface area contributed by atoms with Crippen LogP contribution in [0.3, 0.4) is 0 Å². The van der Waals surface area contributed by atoms with Crippen LogP contribution in [-0.4, -0.2) is 11.9 Å². The molecule has 0 fully saturated rings. The molecular weight excluding hydrogens is 310 g/mol. The Hall–Kier alpha value is -3.19. The number of benzene rings is 1. The van der Waals surface area contributed by atoms with E-state index < -0.39 is 0 Å². The SMILES string of the molecule is C=CC1=C(C=C)N(C)C(c2ccc(-c3cccc(C#N)c3)o2)N1.CC. The smallest absolute Gasteiger partial charge is 0.159 e. The van der Waals surface area contributed by atoms with Gasteiger partial charge in [0.25, 0.3) is 0 Å². The van der Waals surface area contributed by atoms with E-state index >= 15 is 0 Å². The second kappa shape index (κ2) is 8.07. The highest BCUT2D eigenvalue weighted by atomic mass is 16.3. The van der Waals surface area contributed by atoms with Crippen LogP contribution in [0.4, 0.5) is 0 Å². The summed E-state index contributed by atoms with van der Waals surface area (Å²) in [4.78, 5) is 2.05. The van der Waals surface area contributed by atoms with Gasteiger partial charge in [0.15, 0.2) is 6.17 Å². The molecule has 1 aromatic carbocycles. The van der Waals surface area contributed by atoms with Gasteiger partial charge < -0.3 is 14.6 Å². The van der Waals surface area contributed by atoms with E-state index in [9.17, 15) is 0 Å². The zero-order valence-electron chi connectivity index (χ0n) is 14.9. The summed E-state index contributed by atoms with van der Waals surface area (Å²) in [6.45, 7) is 11.7. The zero-order valence-corrected chi connectivity index (χ0v) is 14.9. The van der Waals surface area contributed by atoms with Gasteiger partial charge in [0.1, 0.15) is 11.5 Å². The van der Waals surface area contributed by atoms with Crippen LogP contribution in [0.25, 0.3) is 11.3 Å². The molecule has 1 unspecified atom stereocenters. The second-order valence-corrected chi connectivity index (χ2v) is 5.26. The molecule has 0 amide bonds. The molecule has 4 nitrogen and oxygen atoms in total. The number of allylic oxidation sites excluding steroid dienone is 2. The van der Waals surface area contributed by atoms with Gasteiger partial charge in [-0.25, -0.2) is 0 Å². The molecule has 1 N–H and O–H groups in total. The summed E-state index contributed by atoms with van der Waals surface area (Å²) in [6, 6.07) is 13.4. The summed E-state index contributed by atoms with van der Waals surface area (Å²) < 4.78 is 6.00. The Balaban J connectivity index is 0.00000109. The summed E-state index contributed by atoms with van der Waals surface area (Å²) in [5, 5.41) is 12.4. The lowest BCUT2D eigenvalue weighted by Gasteiger charge is -2.21. The van der Waals surface area contributed by atoms with E-state index in [0.717, 1.165) is 28.5 Å². The van der Waals surface area contributed by atoms with Crippen LogP contribution in [0, 0.1) is 11.3 Å². The van der Waals surface area contributed by atoms with Gasteiger partial charge in [-0.05, 0) is 36.4 Å². The van der Waals surface area contributed by atoms with Crippen molar-refractivity contribution in [3.63, 3.8) is 0 Å². The molecule has 3 rings (SSSR count). The molecule has 0 saturated heterocycles. The van der Waals surface area contributed by atoms with Crippen molar-refractivity contribution in [2.45, 2.75) is 20.0 Å². The quantitative estimate of drug-likeness (QED) is 0.859. The largest absolute Gasteiger partial charge is 0.457 e. The summed E-state index contributed by atoms with van der Waals surface area (Å²) >= 11 is 0. The topological polar surface area (TPSA) is 52.2 Å². The molecule has 1 atom stereocenters. The van der Waals surface area contributed by atoms with E-state index in [1.807, 2.05) is 51.2 Å². The standard InChI is InChI=1S/C19H17N3O.C2H6/c1-4-15-16(5-2)22(3)19(21-15)18-10-9-17(23-18)14-8-6-7-13(11-14)12-20;1-2/h4-11,19,21H,1-2H2,3H3;1-2H3. The summed E-state index contributed by atoms with van der Waals surface area (Å²) in [7, 11) is 1.98. The molecule has 0 radical (unpaired) electrons. The first-order valence-electron chi connectivity index (χ1n) is 8.26.